The van der Waals surface area contributed by atoms with E-state index in [9.17, 15) is 23.5 Å². The fraction of sp³-hybridized carbons (Fsp3) is 0.304. The summed E-state index contributed by atoms with van der Waals surface area (Å²) in [5.74, 6) is 3.14. The van der Waals surface area contributed by atoms with Crippen molar-refractivity contribution < 1.29 is 28.6 Å². The zero-order valence-corrected chi connectivity index (χ0v) is 16.4. The van der Waals surface area contributed by atoms with Crippen LogP contribution in [0.1, 0.15) is 34.8 Å². The molecule has 0 aliphatic rings. The van der Waals surface area contributed by atoms with E-state index in [1.54, 1.807) is 24.3 Å². The average molecular weight is 415 g/mol. The molecule has 0 bridgehead atoms. The van der Waals surface area contributed by atoms with Gasteiger partial charge < -0.3 is 15.5 Å². The number of halogens is 2. The largest absolute Gasteiger partial charge is 0.389 e. The van der Waals surface area contributed by atoms with Crippen LogP contribution in [0.3, 0.4) is 0 Å². The van der Waals surface area contributed by atoms with Gasteiger partial charge in [0.25, 0.3) is 12.3 Å². The van der Waals surface area contributed by atoms with Gasteiger partial charge in [0.2, 0.25) is 0 Å². The highest BCUT2D eigenvalue weighted by atomic mass is 19.3. The normalized spacial score (nSPS) is 13.7. The van der Waals surface area contributed by atoms with Crippen molar-refractivity contribution in [2.45, 2.75) is 25.4 Å². The van der Waals surface area contributed by atoms with Gasteiger partial charge in [0, 0.05) is 23.2 Å². The number of aliphatic hydroxyl groups excluding tert-OH is 1. The molecule has 0 aromatic heterocycles. The molecule has 0 fully saturated rings. The van der Waals surface area contributed by atoms with E-state index in [4.69, 9.17) is 5.11 Å². The molecule has 1 amide bonds. The molecule has 0 saturated heterocycles. The summed E-state index contributed by atoms with van der Waals surface area (Å²) in [5, 5.41) is 21.4. The Hall–Kier alpha value is -3.08. The van der Waals surface area contributed by atoms with Gasteiger partial charge in [-0.25, -0.2) is 8.78 Å². The van der Waals surface area contributed by atoms with Gasteiger partial charge in [0.15, 0.2) is 5.78 Å². The highest BCUT2D eigenvalue weighted by molar-refractivity contribution is 5.94. The van der Waals surface area contributed by atoms with Crippen molar-refractivity contribution in [1.82, 2.24) is 5.32 Å². The van der Waals surface area contributed by atoms with Crippen molar-refractivity contribution in [3.63, 3.8) is 0 Å². The summed E-state index contributed by atoms with van der Waals surface area (Å²) < 4.78 is 26.1. The Bertz CT molecular complexity index is 916. The summed E-state index contributed by atoms with van der Waals surface area (Å²) in [5.41, 5.74) is -0.669. The van der Waals surface area contributed by atoms with Gasteiger partial charge in [0.05, 0.1) is 5.92 Å². The summed E-state index contributed by atoms with van der Waals surface area (Å²) in [6.07, 6.45) is -3.40. The van der Waals surface area contributed by atoms with Crippen LogP contribution in [0, 0.1) is 17.8 Å². The Morgan fingerprint density at radius 2 is 1.60 bits per heavy atom. The third-order valence-corrected chi connectivity index (χ3v) is 4.68. The predicted octanol–water partition coefficient (Wildman–Crippen LogP) is 2.40. The third kappa shape index (κ3) is 6.21. The van der Waals surface area contributed by atoms with Crippen molar-refractivity contribution in [1.29, 1.82) is 0 Å². The van der Waals surface area contributed by atoms with Gasteiger partial charge in [-0.1, -0.05) is 30.0 Å². The van der Waals surface area contributed by atoms with E-state index >= 15 is 0 Å². The number of rotatable bonds is 8. The molecule has 2 aromatic rings. The molecule has 0 heterocycles. The topological polar surface area (TPSA) is 86.6 Å². The maximum atomic E-state index is 13.0. The number of carbonyl (C=O) groups is 2. The molecular weight excluding hydrogens is 392 g/mol. The van der Waals surface area contributed by atoms with Gasteiger partial charge in [-0.2, -0.15) is 0 Å². The number of nitrogens with one attached hydrogen (secondary N) is 1. The van der Waals surface area contributed by atoms with E-state index in [0.717, 1.165) is 18.1 Å². The second-order valence-corrected chi connectivity index (χ2v) is 6.94. The highest BCUT2D eigenvalue weighted by Gasteiger charge is 2.44. The lowest BCUT2D eigenvalue weighted by Gasteiger charge is -2.30. The fourth-order valence-corrected chi connectivity index (χ4v) is 2.84. The van der Waals surface area contributed by atoms with Crippen LogP contribution in [0.5, 0.6) is 0 Å². The van der Waals surface area contributed by atoms with Gasteiger partial charge in [0.1, 0.15) is 12.2 Å². The van der Waals surface area contributed by atoms with Gasteiger partial charge in [-0.15, -0.1) is 0 Å². The highest BCUT2D eigenvalue weighted by Crippen LogP contribution is 2.28. The Kier molecular flexibility index (Phi) is 8.22. The third-order valence-electron chi connectivity index (χ3n) is 4.68. The Morgan fingerprint density at radius 3 is 2.13 bits per heavy atom. The maximum Gasteiger partial charge on any atom is 0.267 e. The molecule has 30 heavy (non-hydrogen) atoms. The minimum Gasteiger partial charge on any atom is -0.389 e. The standard InChI is InChI=1S/C23H23F2NO4/c1-23(30,22(24)25)19(20(28)15-27)13-14-26-21(29)18-11-9-17(10-12-18)8-7-16-5-3-2-4-6-16/h2-6,9-12,19,22,27,30H,13-15H2,1H3,(H,26,29). The number of amides is 1. The first-order chi connectivity index (χ1) is 14.3. The van der Waals surface area contributed by atoms with E-state index in [0.29, 0.717) is 5.56 Å². The molecule has 0 radical (unpaired) electrons. The van der Waals surface area contributed by atoms with Crippen LogP contribution < -0.4 is 5.32 Å². The lowest BCUT2D eigenvalue weighted by atomic mass is 9.83. The summed E-state index contributed by atoms with van der Waals surface area (Å²) in [4.78, 5) is 24.0. The van der Waals surface area contributed by atoms with Crippen LogP contribution in [0.4, 0.5) is 8.78 Å². The zero-order chi connectivity index (χ0) is 22.1. The van der Waals surface area contributed by atoms with Crippen LogP contribution in [-0.2, 0) is 4.79 Å². The molecule has 0 aliphatic carbocycles. The number of hydrogen-bond donors (Lipinski definition) is 3. The number of Topliss-reactive ketones (excluding diaryl/α,β-unsaturated/α-hetero) is 1. The van der Waals surface area contributed by atoms with Gasteiger partial charge in [-0.3, -0.25) is 9.59 Å². The quantitative estimate of drug-likeness (QED) is 0.578. The number of carbonyl (C=O) groups excluding carboxylic acids is 2. The summed E-state index contributed by atoms with van der Waals surface area (Å²) in [6, 6.07) is 16.0. The SMILES string of the molecule is CC(O)(C(F)F)C(CCNC(=O)c1ccc(C#Cc2ccccc2)cc1)C(=O)CO. The van der Waals surface area contributed by atoms with Gasteiger partial charge in [-0.05, 0) is 49.7 Å². The Balaban J connectivity index is 1.96. The lowest BCUT2D eigenvalue weighted by molar-refractivity contribution is -0.152. The van der Waals surface area contributed by atoms with Crippen molar-refractivity contribution in [3.05, 3.63) is 71.3 Å². The van der Waals surface area contributed by atoms with E-state index in [1.807, 2.05) is 30.3 Å². The van der Waals surface area contributed by atoms with Crippen molar-refractivity contribution in [2.24, 2.45) is 5.92 Å². The first kappa shape index (κ1) is 23.2. The Labute approximate surface area is 173 Å². The minimum atomic E-state index is -3.17. The van der Waals surface area contributed by atoms with Crippen LogP contribution in [0.2, 0.25) is 0 Å². The molecule has 3 N–H and O–H groups in total. The Morgan fingerprint density at radius 1 is 1.03 bits per heavy atom. The number of alkyl halides is 2. The predicted molar refractivity (Wildman–Crippen MR) is 108 cm³/mol. The van der Waals surface area contributed by atoms with E-state index < -0.39 is 36.2 Å². The second-order valence-electron chi connectivity index (χ2n) is 6.94. The molecule has 2 unspecified atom stereocenters. The smallest absolute Gasteiger partial charge is 0.267 e. The summed E-state index contributed by atoms with van der Waals surface area (Å²) in [6.45, 7) is -0.243. The number of benzene rings is 2. The molecule has 2 aromatic carbocycles. The number of aliphatic hydroxyl groups is 2. The van der Waals surface area contributed by atoms with Crippen LogP contribution in [-0.4, -0.2) is 47.1 Å². The number of hydrogen-bond acceptors (Lipinski definition) is 4. The average Bonchev–Trinajstić information content (AvgIpc) is 2.75. The van der Waals surface area contributed by atoms with Crippen LogP contribution in [0.15, 0.2) is 54.6 Å². The molecule has 158 valence electrons. The van der Waals surface area contributed by atoms with E-state index in [-0.39, 0.29) is 13.0 Å². The monoisotopic (exact) mass is 415 g/mol. The number of ketones is 1. The first-order valence-electron chi connectivity index (χ1n) is 9.35. The fourth-order valence-electron chi connectivity index (χ4n) is 2.84. The molecule has 0 spiro atoms. The molecule has 2 rings (SSSR count). The minimum absolute atomic E-state index is 0.117. The summed E-state index contributed by atoms with van der Waals surface area (Å²) >= 11 is 0. The van der Waals surface area contributed by atoms with Crippen LogP contribution >= 0.6 is 0 Å². The first-order valence-corrected chi connectivity index (χ1v) is 9.35. The maximum absolute atomic E-state index is 13.0. The molecule has 7 heteroatoms. The van der Waals surface area contributed by atoms with Crippen molar-refractivity contribution >= 4 is 11.7 Å². The molecular formula is C23H23F2NO4. The zero-order valence-electron chi connectivity index (χ0n) is 16.4. The van der Waals surface area contributed by atoms with Crippen molar-refractivity contribution in [3.8, 4) is 11.8 Å². The van der Waals surface area contributed by atoms with Gasteiger partial charge >= 0.3 is 0 Å². The molecule has 0 aliphatic heterocycles. The lowest BCUT2D eigenvalue weighted by Crippen LogP contribution is -2.48. The van der Waals surface area contributed by atoms with Crippen LogP contribution in [0.25, 0.3) is 0 Å². The van der Waals surface area contributed by atoms with E-state index in [2.05, 4.69) is 17.2 Å². The van der Waals surface area contributed by atoms with Crippen molar-refractivity contribution in [2.75, 3.05) is 13.2 Å². The summed E-state index contributed by atoms with van der Waals surface area (Å²) in [7, 11) is 0. The second kappa shape index (κ2) is 10.6. The van der Waals surface area contributed by atoms with E-state index in [1.165, 1.54) is 0 Å². The molecule has 0 saturated carbocycles. The molecule has 2 atom stereocenters. The molecule has 5 nitrogen and oxygen atoms in total.